The average Bonchev–Trinajstić information content (AvgIpc) is 2.77. The number of nitrogens with zero attached hydrogens (tertiary/aromatic N) is 3. The number of hydrogen-bond acceptors (Lipinski definition) is 9. The third-order valence-corrected chi connectivity index (χ3v) is 4.99. The van der Waals surface area contributed by atoms with Crippen LogP contribution in [0, 0.1) is 0 Å². The number of alkyl halides is 3. The first-order valence-corrected chi connectivity index (χ1v) is 9.73. The molecule has 0 saturated carbocycles. The van der Waals surface area contributed by atoms with Gasteiger partial charge < -0.3 is 24.4 Å². The Morgan fingerprint density at radius 3 is 2.53 bits per heavy atom. The van der Waals surface area contributed by atoms with Gasteiger partial charge in [-0.15, -0.1) is 5.10 Å². The number of carbonyl (C=O) groups excluding carboxylic acids is 1. The summed E-state index contributed by atoms with van der Waals surface area (Å²) < 4.78 is 54.7. The summed E-state index contributed by atoms with van der Waals surface area (Å²) >= 11 is 0. The van der Waals surface area contributed by atoms with Crippen LogP contribution in [0.1, 0.15) is 35.2 Å². The third kappa shape index (κ3) is 5.50. The maximum atomic E-state index is 12.9. The smallest absolute Gasteiger partial charge is 0.433 e. The molecule has 0 radical (unpaired) electrons. The number of hydrogen-bond donors (Lipinski definition) is 2. The lowest BCUT2D eigenvalue weighted by Gasteiger charge is -2.41. The Kier molecular flexibility index (Phi) is 7.26. The topological polar surface area (TPSA) is 124 Å². The zero-order valence-corrected chi connectivity index (χ0v) is 17.2. The van der Waals surface area contributed by atoms with Crippen LogP contribution in [0.5, 0.6) is 5.88 Å². The zero-order valence-electron chi connectivity index (χ0n) is 17.2. The lowest BCUT2D eigenvalue weighted by Crippen LogP contribution is -2.58. The van der Waals surface area contributed by atoms with Crippen LogP contribution in [0.3, 0.4) is 0 Å². The number of halogens is 3. The maximum absolute atomic E-state index is 12.9. The summed E-state index contributed by atoms with van der Waals surface area (Å²) in [6, 6.07) is 6.17. The van der Waals surface area contributed by atoms with E-state index in [2.05, 4.69) is 19.9 Å². The predicted octanol–water partition coefficient (Wildman–Crippen LogP) is 1.57. The number of aryl methyl sites for hydroxylation is 1. The van der Waals surface area contributed by atoms with E-state index in [1.54, 1.807) is 13.0 Å². The molecular weight excluding hydrogens is 435 g/mol. The minimum absolute atomic E-state index is 0.0363. The lowest BCUT2D eigenvalue weighted by atomic mass is 9.92. The molecule has 5 atom stereocenters. The Balaban J connectivity index is 1.74. The van der Waals surface area contributed by atoms with E-state index in [4.69, 9.17) is 9.47 Å². The van der Waals surface area contributed by atoms with Gasteiger partial charge >= 0.3 is 12.1 Å². The second-order valence-electron chi connectivity index (χ2n) is 7.24. The van der Waals surface area contributed by atoms with Gasteiger partial charge in [0.1, 0.15) is 17.9 Å². The molecule has 3 heterocycles. The van der Waals surface area contributed by atoms with E-state index in [9.17, 15) is 28.2 Å². The summed E-state index contributed by atoms with van der Waals surface area (Å²) in [7, 11) is 1.22. The van der Waals surface area contributed by atoms with E-state index in [-0.39, 0.29) is 18.0 Å². The van der Waals surface area contributed by atoms with E-state index in [1.807, 2.05) is 0 Å². The molecule has 0 unspecified atom stereocenters. The Bertz CT molecular complexity index is 928. The van der Waals surface area contributed by atoms with E-state index in [1.165, 1.54) is 19.2 Å². The van der Waals surface area contributed by atoms with E-state index < -0.39 is 48.4 Å². The summed E-state index contributed by atoms with van der Waals surface area (Å²) in [6.45, 7) is 1.56. The molecule has 1 fully saturated rings. The van der Waals surface area contributed by atoms with Crippen LogP contribution in [0.15, 0.2) is 30.3 Å². The van der Waals surface area contributed by atoms with Gasteiger partial charge in [-0.05, 0) is 38.0 Å². The van der Waals surface area contributed by atoms with Gasteiger partial charge in [0.15, 0.2) is 11.8 Å². The summed E-state index contributed by atoms with van der Waals surface area (Å²) in [5, 5.41) is 28.4. The molecule has 12 heteroatoms. The predicted molar refractivity (Wildman–Crippen MR) is 102 cm³/mol. The molecule has 1 aliphatic heterocycles. The number of pyridine rings is 1. The van der Waals surface area contributed by atoms with Crippen molar-refractivity contribution in [3.8, 4) is 5.88 Å². The molecule has 9 nitrogen and oxygen atoms in total. The molecule has 0 aromatic carbocycles. The van der Waals surface area contributed by atoms with Crippen molar-refractivity contribution in [2.45, 2.75) is 56.5 Å². The quantitative estimate of drug-likeness (QED) is 0.622. The highest BCUT2D eigenvalue weighted by atomic mass is 19.4. The van der Waals surface area contributed by atoms with Gasteiger partial charge in [-0.25, -0.2) is 9.78 Å². The fourth-order valence-corrected chi connectivity index (χ4v) is 3.28. The molecule has 0 amide bonds. The Morgan fingerprint density at radius 2 is 1.91 bits per heavy atom. The second kappa shape index (κ2) is 9.76. The number of methoxy groups -OCH3 is 1. The van der Waals surface area contributed by atoms with Gasteiger partial charge in [0.05, 0.1) is 25.0 Å². The first-order chi connectivity index (χ1) is 15.1. The van der Waals surface area contributed by atoms with Crippen LogP contribution >= 0.6 is 0 Å². The van der Waals surface area contributed by atoms with Crippen molar-refractivity contribution < 1.29 is 42.4 Å². The van der Waals surface area contributed by atoms with E-state index in [0.717, 1.165) is 12.1 Å². The van der Waals surface area contributed by atoms with Crippen LogP contribution in [-0.2, 0) is 22.1 Å². The van der Waals surface area contributed by atoms with Crippen molar-refractivity contribution in [1.82, 2.24) is 15.2 Å². The van der Waals surface area contributed by atoms with Gasteiger partial charge in [-0.1, -0.05) is 6.07 Å². The molecule has 2 N–H and O–H groups in total. The first-order valence-electron chi connectivity index (χ1n) is 9.73. The number of aliphatic hydroxyl groups excluding tert-OH is 2. The highest BCUT2D eigenvalue weighted by molar-refractivity contribution is 5.86. The summed E-state index contributed by atoms with van der Waals surface area (Å²) in [5.74, 6) is -0.992. The molecule has 32 heavy (non-hydrogen) atoms. The Morgan fingerprint density at radius 1 is 1.16 bits per heavy atom. The SMILES string of the molecule is COC(=O)c1ccc(CC[C@H]2O[C@H](C)[C@H](O)[C@H](O)[C@H]2Oc2cccc(C(F)(F)F)n2)nn1. The summed E-state index contributed by atoms with van der Waals surface area (Å²) in [6.07, 6.45) is -9.56. The fourth-order valence-electron chi connectivity index (χ4n) is 3.28. The van der Waals surface area contributed by atoms with Crippen LogP contribution in [-0.4, -0.2) is 69.0 Å². The molecule has 174 valence electrons. The third-order valence-electron chi connectivity index (χ3n) is 4.99. The van der Waals surface area contributed by atoms with Crippen molar-refractivity contribution in [1.29, 1.82) is 0 Å². The number of carbonyl (C=O) groups is 1. The Hall–Kier alpha value is -2.83. The highest BCUT2D eigenvalue weighted by Gasteiger charge is 2.44. The fraction of sp³-hybridized carbons (Fsp3) is 0.500. The summed E-state index contributed by atoms with van der Waals surface area (Å²) in [5.41, 5.74) is -0.604. The number of aliphatic hydroxyl groups is 2. The van der Waals surface area contributed by atoms with Crippen LogP contribution in [0.4, 0.5) is 13.2 Å². The second-order valence-corrected chi connectivity index (χ2v) is 7.24. The van der Waals surface area contributed by atoms with Gasteiger partial charge in [-0.2, -0.15) is 18.3 Å². The number of esters is 1. The number of ether oxygens (including phenoxy) is 3. The molecule has 2 aromatic rings. The lowest BCUT2D eigenvalue weighted by molar-refractivity contribution is -0.211. The molecule has 2 aromatic heterocycles. The van der Waals surface area contributed by atoms with Crippen molar-refractivity contribution >= 4 is 5.97 Å². The molecule has 0 bridgehead atoms. The molecule has 0 spiro atoms. The maximum Gasteiger partial charge on any atom is 0.433 e. The van der Waals surface area contributed by atoms with Crippen molar-refractivity contribution in [2.75, 3.05) is 7.11 Å². The first kappa shape index (κ1) is 23.8. The van der Waals surface area contributed by atoms with Gasteiger partial charge in [-0.3, -0.25) is 0 Å². The van der Waals surface area contributed by atoms with Crippen LogP contribution in [0.2, 0.25) is 0 Å². The molecule has 1 saturated heterocycles. The normalized spacial score (nSPS) is 25.9. The number of aromatic nitrogens is 3. The Labute approximate surface area is 181 Å². The highest BCUT2D eigenvalue weighted by Crippen LogP contribution is 2.31. The van der Waals surface area contributed by atoms with Gasteiger partial charge in [0.2, 0.25) is 5.88 Å². The van der Waals surface area contributed by atoms with Crippen molar-refractivity contribution in [3.05, 3.63) is 47.4 Å². The number of rotatable bonds is 6. The molecule has 1 aliphatic rings. The minimum atomic E-state index is -4.66. The minimum Gasteiger partial charge on any atom is -0.469 e. The average molecular weight is 457 g/mol. The van der Waals surface area contributed by atoms with Crippen molar-refractivity contribution in [2.24, 2.45) is 0 Å². The van der Waals surface area contributed by atoms with E-state index >= 15 is 0 Å². The van der Waals surface area contributed by atoms with Gasteiger partial charge in [0.25, 0.3) is 0 Å². The summed E-state index contributed by atoms with van der Waals surface area (Å²) in [4.78, 5) is 14.9. The monoisotopic (exact) mass is 457 g/mol. The van der Waals surface area contributed by atoms with Crippen LogP contribution in [0.25, 0.3) is 0 Å². The zero-order chi connectivity index (χ0) is 23.5. The molecule has 3 rings (SSSR count). The van der Waals surface area contributed by atoms with Crippen LogP contribution < -0.4 is 4.74 Å². The standard InChI is InChI=1S/C20H22F3N3O6/c1-10-16(27)17(28)18(32-15-5-3-4-14(24-15)20(21,22)23)13(31-10)9-7-11-6-8-12(26-25-11)19(29)30-2/h3-6,8,10,13,16-18,27-28H,7,9H2,1-2H3/t10-,13-,16+,17+,18+/m1/s1. The molecule has 0 aliphatic carbocycles. The van der Waals surface area contributed by atoms with Gasteiger partial charge in [0, 0.05) is 6.07 Å². The van der Waals surface area contributed by atoms with Crippen molar-refractivity contribution in [3.63, 3.8) is 0 Å². The van der Waals surface area contributed by atoms with E-state index in [0.29, 0.717) is 12.1 Å². The largest absolute Gasteiger partial charge is 0.469 e. The molecular formula is C20H22F3N3O6.